The maximum absolute atomic E-state index is 12.1. The molecule has 7 nitrogen and oxygen atoms in total. The summed E-state index contributed by atoms with van der Waals surface area (Å²) in [6, 6.07) is 8.22. The lowest BCUT2D eigenvalue weighted by molar-refractivity contribution is -0.385. The normalized spacial score (nSPS) is 11.6. The summed E-state index contributed by atoms with van der Waals surface area (Å²) in [5.74, 6) is 0. The first-order valence-electron chi connectivity index (χ1n) is 6.45. The molecule has 24 heavy (non-hydrogen) atoms. The molecular weight excluding hydrogens is 377 g/mol. The quantitative estimate of drug-likeness (QED) is 0.481. The molecule has 0 aliphatic heterocycles. The van der Waals surface area contributed by atoms with Gasteiger partial charge in [0.1, 0.15) is 0 Å². The Morgan fingerprint density at radius 1 is 1.21 bits per heavy atom. The summed E-state index contributed by atoms with van der Waals surface area (Å²) in [6.07, 6.45) is 1.21. The molecule has 2 rings (SSSR count). The number of benzene rings is 2. The van der Waals surface area contributed by atoms with Gasteiger partial charge in [0.25, 0.3) is 15.7 Å². The second kappa shape index (κ2) is 7.16. The standard InChI is InChI=1S/C14H11Cl2N3O4S/c1-9-2-5-12(7-14(9)19(20)21)24(22,23)18-17-8-10-3-4-11(15)6-13(10)16/h2-8,18H,1H3/b17-8-. The second-order valence-corrected chi connectivity index (χ2v) is 7.23. The number of hydrogen-bond acceptors (Lipinski definition) is 5. The molecule has 0 amide bonds. The third-order valence-corrected chi connectivity index (χ3v) is 4.81. The number of nitro groups is 1. The van der Waals surface area contributed by atoms with E-state index in [1.54, 1.807) is 12.1 Å². The highest BCUT2D eigenvalue weighted by molar-refractivity contribution is 7.89. The van der Waals surface area contributed by atoms with Crippen LogP contribution in [0.2, 0.25) is 10.0 Å². The van der Waals surface area contributed by atoms with Crippen LogP contribution in [0.4, 0.5) is 5.69 Å². The highest BCUT2D eigenvalue weighted by atomic mass is 35.5. The van der Waals surface area contributed by atoms with Crippen molar-refractivity contribution in [1.29, 1.82) is 0 Å². The number of hydrazone groups is 1. The van der Waals surface area contributed by atoms with E-state index in [-0.39, 0.29) is 10.6 Å². The van der Waals surface area contributed by atoms with Gasteiger partial charge in [-0.05, 0) is 25.1 Å². The largest absolute Gasteiger partial charge is 0.276 e. The third-order valence-electron chi connectivity index (χ3n) is 3.03. The lowest BCUT2D eigenvalue weighted by Crippen LogP contribution is -2.18. The zero-order valence-corrected chi connectivity index (χ0v) is 14.6. The molecule has 0 saturated carbocycles. The molecule has 0 fully saturated rings. The van der Waals surface area contributed by atoms with Gasteiger partial charge in [0.2, 0.25) is 0 Å². The minimum absolute atomic E-state index is 0.265. The number of nitrogens with one attached hydrogen (secondary N) is 1. The molecule has 10 heteroatoms. The Bertz CT molecular complexity index is 930. The summed E-state index contributed by atoms with van der Waals surface area (Å²) in [5, 5.41) is 15.3. The van der Waals surface area contributed by atoms with Crippen LogP contribution in [0.1, 0.15) is 11.1 Å². The van der Waals surface area contributed by atoms with Crippen LogP contribution in [0.3, 0.4) is 0 Å². The van der Waals surface area contributed by atoms with Gasteiger partial charge in [-0.2, -0.15) is 13.5 Å². The highest BCUT2D eigenvalue weighted by Crippen LogP contribution is 2.22. The van der Waals surface area contributed by atoms with Crippen LogP contribution < -0.4 is 4.83 Å². The first-order valence-corrected chi connectivity index (χ1v) is 8.69. The summed E-state index contributed by atoms with van der Waals surface area (Å²) in [4.78, 5) is 12.0. The number of aryl methyl sites for hydroxylation is 1. The van der Waals surface area contributed by atoms with Gasteiger partial charge in [-0.15, -0.1) is 0 Å². The summed E-state index contributed by atoms with van der Waals surface area (Å²) in [7, 11) is -4.05. The Morgan fingerprint density at radius 3 is 2.54 bits per heavy atom. The molecule has 0 saturated heterocycles. The fourth-order valence-electron chi connectivity index (χ4n) is 1.78. The van der Waals surface area contributed by atoms with Crippen LogP contribution in [0.15, 0.2) is 46.4 Å². The van der Waals surface area contributed by atoms with Crippen LogP contribution in [0.5, 0.6) is 0 Å². The molecule has 0 bridgehead atoms. The highest BCUT2D eigenvalue weighted by Gasteiger charge is 2.19. The molecule has 0 aromatic heterocycles. The molecular formula is C14H11Cl2N3O4S. The fraction of sp³-hybridized carbons (Fsp3) is 0.0714. The molecule has 126 valence electrons. The minimum atomic E-state index is -4.05. The van der Waals surface area contributed by atoms with Crippen molar-refractivity contribution in [2.45, 2.75) is 11.8 Å². The topological polar surface area (TPSA) is 102 Å². The predicted octanol–water partition coefficient (Wildman–Crippen LogP) is 3.52. The van der Waals surface area contributed by atoms with E-state index in [0.717, 1.165) is 6.07 Å². The van der Waals surface area contributed by atoms with Gasteiger partial charge in [0.05, 0.1) is 21.1 Å². The van der Waals surface area contributed by atoms with E-state index >= 15 is 0 Å². The van der Waals surface area contributed by atoms with Crippen molar-refractivity contribution < 1.29 is 13.3 Å². The van der Waals surface area contributed by atoms with Crippen LogP contribution in [0.25, 0.3) is 0 Å². The zero-order chi connectivity index (χ0) is 17.9. The number of nitrogens with zero attached hydrogens (tertiary/aromatic N) is 2. The molecule has 0 aliphatic rings. The Morgan fingerprint density at radius 2 is 1.92 bits per heavy atom. The third kappa shape index (κ3) is 4.22. The predicted molar refractivity (Wildman–Crippen MR) is 92.2 cm³/mol. The lowest BCUT2D eigenvalue weighted by Gasteiger charge is -2.05. The van der Waals surface area contributed by atoms with Crippen molar-refractivity contribution in [3.05, 3.63) is 67.7 Å². The van der Waals surface area contributed by atoms with Gasteiger partial charge >= 0.3 is 0 Å². The van der Waals surface area contributed by atoms with Crippen molar-refractivity contribution in [2.75, 3.05) is 0 Å². The Balaban J connectivity index is 2.24. The Hall–Kier alpha value is -2.16. The van der Waals surface area contributed by atoms with E-state index in [9.17, 15) is 18.5 Å². The van der Waals surface area contributed by atoms with E-state index in [0.29, 0.717) is 21.2 Å². The Labute approximate surface area is 148 Å². The average Bonchev–Trinajstić information content (AvgIpc) is 2.49. The zero-order valence-electron chi connectivity index (χ0n) is 12.2. The molecule has 2 aromatic rings. The average molecular weight is 388 g/mol. The molecule has 2 aromatic carbocycles. The van der Waals surface area contributed by atoms with Crippen LogP contribution in [-0.4, -0.2) is 19.6 Å². The first kappa shape index (κ1) is 18.2. The van der Waals surface area contributed by atoms with Crippen LogP contribution in [0, 0.1) is 17.0 Å². The minimum Gasteiger partial charge on any atom is -0.258 e. The van der Waals surface area contributed by atoms with Crippen LogP contribution in [-0.2, 0) is 10.0 Å². The van der Waals surface area contributed by atoms with E-state index in [1.807, 2.05) is 4.83 Å². The van der Waals surface area contributed by atoms with Gasteiger partial charge in [-0.25, -0.2) is 4.83 Å². The van der Waals surface area contributed by atoms with E-state index in [4.69, 9.17) is 23.2 Å². The van der Waals surface area contributed by atoms with E-state index in [1.165, 1.54) is 31.3 Å². The van der Waals surface area contributed by atoms with Gasteiger partial charge in [-0.1, -0.05) is 35.3 Å². The van der Waals surface area contributed by atoms with Crippen LogP contribution >= 0.6 is 23.2 Å². The number of nitro benzene ring substituents is 1. The summed E-state index contributed by atoms with van der Waals surface area (Å²) < 4.78 is 24.3. The Kier molecular flexibility index (Phi) is 5.43. The number of hydrogen-bond donors (Lipinski definition) is 1. The van der Waals surface area contributed by atoms with Gasteiger partial charge < -0.3 is 0 Å². The molecule has 0 spiro atoms. The summed E-state index contributed by atoms with van der Waals surface area (Å²) in [6.45, 7) is 1.52. The molecule has 0 heterocycles. The molecule has 0 aliphatic carbocycles. The van der Waals surface area contributed by atoms with E-state index in [2.05, 4.69) is 5.10 Å². The molecule has 1 N–H and O–H groups in total. The van der Waals surface area contributed by atoms with Crippen molar-refractivity contribution in [2.24, 2.45) is 5.10 Å². The van der Waals surface area contributed by atoms with Crippen molar-refractivity contribution in [3.63, 3.8) is 0 Å². The lowest BCUT2D eigenvalue weighted by atomic mass is 10.2. The van der Waals surface area contributed by atoms with Gasteiger partial charge in [0.15, 0.2) is 0 Å². The maximum Gasteiger partial charge on any atom is 0.276 e. The smallest absolute Gasteiger partial charge is 0.258 e. The SMILES string of the molecule is Cc1ccc(S(=O)(=O)N/N=C\c2ccc(Cl)cc2Cl)cc1[N+](=O)[O-]. The molecule has 0 unspecified atom stereocenters. The number of halogens is 2. The van der Waals surface area contributed by atoms with Crippen molar-refractivity contribution >= 4 is 45.1 Å². The summed E-state index contributed by atoms with van der Waals surface area (Å²) >= 11 is 11.7. The van der Waals surface area contributed by atoms with Crippen molar-refractivity contribution in [1.82, 2.24) is 4.83 Å². The molecule has 0 radical (unpaired) electrons. The summed E-state index contributed by atoms with van der Waals surface area (Å²) in [5.41, 5.74) is 0.525. The monoisotopic (exact) mass is 387 g/mol. The number of rotatable bonds is 5. The van der Waals surface area contributed by atoms with Gasteiger partial charge in [0, 0.05) is 22.2 Å². The van der Waals surface area contributed by atoms with Gasteiger partial charge in [-0.3, -0.25) is 10.1 Å². The number of sulfonamides is 1. The maximum atomic E-state index is 12.1. The molecule has 0 atom stereocenters. The van der Waals surface area contributed by atoms with Crippen molar-refractivity contribution in [3.8, 4) is 0 Å². The first-order chi connectivity index (χ1) is 11.2. The fourth-order valence-corrected chi connectivity index (χ4v) is 3.05. The second-order valence-electron chi connectivity index (χ2n) is 4.72. The van der Waals surface area contributed by atoms with E-state index < -0.39 is 14.9 Å².